The number of fused-ring (bicyclic) bond motifs is 15. The molecule has 2 aromatic heterocycles. The largest absolute Gasteiger partial charge is 0.455 e. The van der Waals surface area contributed by atoms with E-state index in [-0.39, 0.29) is 0 Å². The lowest BCUT2D eigenvalue weighted by molar-refractivity contribution is 0.672. The summed E-state index contributed by atoms with van der Waals surface area (Å²) in [6.07, 6.45) is 5.92. The SMILES string of the molecule is CC1C=CC2=C(C1)c1ccccc1C21c2ccc(-c3ccc(N(c4ccccc4)c4ccccc4)cc3)cc2-n2c3ccccc3c3c4oc5ccccc5c4cc1c32. The van der Waals surface area contributed by atoms with Crippen molar-refractivity contribution >= 4 is 66.4 Å². The van der Waals surface area contributed by atoms with Gasteiger partial charge in [-0.3, -0.25) is 0 Å². The molecule has 1 spiro atoms. The minimum atomic E-state index is -0.513. The van der Waals surface area contributed by atoms with E-state index in [1.807, 2.05) is 0 Å². The number of nitrogens with zero attached hydrogens (tertiary/aromatic N) is 2. The fourth-order valence-corrected chi connectivity index (χ4v) is 10.9. The van der Waals surface area contributed by atoms with Crippen molar-refractivity contribution in [2.75, 3.05) is 4.90 Å². The van der Waals surface area contributed by atoms with Gasteiger partial charge < -0.3 is 13.9 Å². The molecule has 13 rings (SSSR count). The van der Waals surface area contributed by atoms with Crippen molar-refractivity contribution in [3.8, 4) is 16.8 Å². The molecule has 1 aliphatic heterocycles. The topological polar surface area (TPSA) is 21.3 Å². The quantitative estimate of drug-likeness (QED) is 0.178. The van der Waals surface area contributed by atoms with Gasteiger partial charge in [-0.1, -0.05) is 140 Å². The van der Waals surface area contributed by atoms with Crippen molar-refractivity contribution in [2.24, 2.45) is 5.92 Å². The van der Waals surface area contributed by atoms with Gasteiger partial charge in [0.1, 0.15) is 11.2 Å². The van der Waals surface area contributed by atoms with Crippen LogP contribution in [0.25, 0.3) is 66.1 Å². The van der Waals surface area contributed by atoms with Crippen LogP contribution >= 0.6 is 0 Å². The molecule has 3 heteroatoms. The van der Waals surface area contributed by atoms with Gasteiger partial charge in [-0.25, -0.2) is 0 Å². The third-order valence-electron chi connectivity index (χ3n) is 13.3. The molecular formula is C56H38N2O. The number of rotatable bonds is 4. The van der Waals surface area contributed by atoms with E-state index in [1.165, 1.54) is 77.4 Å². The normalized spacial score (nSPS) is 17.6. The van der Waals surface area contributed by atoms with Gasteiger partial charge in [-0.2, -0.15) is 0 Å². The summed E-state index contributed by atoms with van der Waals surface area (Å²) in [6, 6.07) is 66.7. The van der Waals surface area contributed by atoms with Crippen molar-refractivity contribution in [1.29, 1.82) is 0 Å². The van der Waals surface area contributed by atoms with Crippen LogP contribution in [0.2, 0.25) is 0 Å². The molecule has 10 aromatic rings. The zero-order chi connectivity index (χ0) is 38.8. The number of hydrogen-bond donors (Lipinski definition) is 0. The first-order valence-corrected chi connectivity index (χ1v) is 20.7. The number of para-hydroxylation sites is 4. The Labute approximate surface area is 342 Å². The minimum absolute atomic E-state index is 0.469. The predicted octanol–water partition coefficient (Wildman–Crippen LogP) is 14.8. The van der Waals surface area contributed by atoms with Gasteiger partial charge in [0.15, 0.2) is 0 Å². The number of allylic oxidation sites excluding steroid dienone is 4. The molecule has 3 heterocycles. The highest BCUT2D eigenvalue weighted by molar-refractivity contribution is 6.26. The van der Waals surface area contributed by atoms with Crippen molar-refractivity contribution in [3.63, 3.8) is 0 Å². The molecule has 2 aliphatic carbocycles. The molecule has 0 bridgehead atoms. The minimum Gasteiger partial charge on any atom is -0.455 e. The van der Waals surface area contributed by atoms with Gasteiger partial charge in [0.25, 0.3) is 0 Å². The Morgan fingerprint density at radius 1 is 0.576 bits per heavy atom. The average molecular weight is 755 g/mol. The van der Waals surface area contributed by atoms with Crippen LogP contribution in [0.15, 0.2) is 204 Å². The molecule has 0 amide bonds. The third kappa shape index (κ3) is 4.37. The summed E-state index contributed by atoms with van der Waals surface area (Å²) in [5, 5.41) is 4.72. The van der Waals surface area contributed by atoms with Crippen LogP contribution in [0.3, 0.4) is 0 Å². The van der Waals surface area contributed by atoms with Crippen molar-refractivity contribution in [2.45, 2.75) is 18.8 Å². The van der Waals surface area contributed by atoms with Crippen LogP contribution in [-0.2, 0) is 5.41 Å². The van der Waals surface area contributed by atoms with Crippen molar-refractivity contribution < 1.29 is 4.42 Å². The highest BCUT2D eigenvalue weighted by Gasteiger charge is 2.52. The summed E-state index contributed by atoms with van der Waals surface area (Å²) >= 11 is 0. The van der Waals surface area contributed by atoms with E-state index in [0.29, 0.717) is 5.92 Å². The molecule has 2 unspecified atom stereocenters. The summed E-state index contributed by atoms with van der Waals surface area (Å²) in [4.78, 5) is 2.32. The summed E-state index contributed by atoms with van der Waals surface area (Å²) in [5.74, 6) is 0.469. The molecule has 0 radical (unpaired) electrons. The molecule has 8 aromatic carbocycles. The number of aromatic nitrogens is 1. The van der Waals surface area contributed by atoms with Gasteiger partial charge in [-0.05, 0) is 118 Å². The third-order valence-corrected chi connectivity index (χ3v) is 13.3. The zero-order valence-electron chi connectivity index (χ0n) is 32.6. The first-order chi connectivity index (χ1) is 29.2. The van der Waals surface area contributed by atoms with Gasteiger partial charge in [-0.15, -0.1) is 0 Å². The molecule has 0 N–H and O–H groups in total. The van der Waals surface area contributed by atoms with E-state index in [0.717, 1.165) is 40.0 Å². The van der Waals surface area contributed by atoms with Crippen molar-refractivity contribution in [1.82, 2.24) is 4.57 Å². The van der Waals surface area contributed by atoms with Crippen molar-refractivity contribution in [3.05, 3.63) is 222 Å². The lowest BCUT2D eigenvalue weighted by Crippen LogP contribution is -2.34. The summed E-state index contributed by atoms with van der Waals surface area (Å²) in [6.45, 7) is 2.35. The Morgan fingerprint density at radius 2 is 1.24 bits per heavy atom. The molecule has 3 nitrogen and oxygen atoms in total. The standard InChI is InChI=1S/C56H38N2O/c1-35-24-30-47-44(32-35)41-18-8-11-21-46(41)56(47)48-31-27-37(36-25-28-40(29-26-36)57(38-14-4-2-5-15-38)39-16-6-3-7-17-39)33-51(48)58-50-22-12-9-20-43(50)53-54(58)49(56)34-45-42-19-10-13-23-52(42)59-55(45)53/h2-31,33-35H,32H2,1H3. The molecule has 59 heavy (non-hydrogen) atoms. The number of benzene rings is 8. The highest BCUT2D eigenvalue weighted by atomic mass is 16.3. The second-order valence-corrected chi connectivity index (χ2v) is 16.5. The number of hydrogen-bond acceptors (Lipinski definition) is 2. The lowest BCUT2D eigenvalue weighted by atomic mass is 9.63. The highest BCUT2D eigenvalue weighted by Crippen LogP contribution is 2.63. The fourth-order valence-electron chi connectivity index (χ4n) is 10.9. The van der Waals surface area contributed by atoms with Crippen LogP contribution in [0, 0.1) is 5.92 Å². The van der Waals surface area contributed by atoms with E-state index >= 15 is 0 Å². The molecule has 2 atom stereocenters. The fraction of sp³-hybridized carbons (Fsp3) is 0.0714. The Hall–Kier alpha value is -7.36. The predicted molar refractivity (Wildman–Crippen MR) is 244 cm³/mol. The number of anilines is 3. The Bertz CT molecular complexity index is 3380. The second-order valence-electron chi connectivity index (χ2n) is 16.5. The summed E-state index contributed by atoms with van der Waals surface area (Å²) < 4.78 is 9.43. The first-order valence-electron chi connectivity index (χ1n) is 20.7. The van der Waals surface area contributed by atoms with Gasteiger partial charge in [0, 0.05) is 33.2 Å². The van der Waals surface area contributed by atoms with E-state index in [1.54, 1.807) is 0 Å². The monoisotopic (exact) mass is 754 g/mol. The summed E-state index contributed by atoms with van der Waals surface area (Å²) in [5.41, 5.74) is 19.0. The van der Waals surface area contributed by atoms with E-state index < -0.39 is 5.41 Å². The van der Waals surface area contributed by atoms with Crippen LogP contribution in [0.4, 0.5) is 17.1 Å². The molecular weight excluding hydrogens is 717 g/mol. The Morgan fingerprint density at radius 3 is 2.03 bits per heavy atom. The molecule has 0 fully saturated rings. The smallest absolute Gasteiger partial charge is 0.145 e. The average Bonchev–Trinajstić information content (AvgIpc) is 3.93. The lowest BCUT2D eigenvalue weighted by Gasteiger charge is -2.41. The first kappa shape index (κ1) is 32.7. The summed E-state index contributed by atoms with van der Waals surface area (Å²) in [7, 11) is 0. The second kappa shape index (κ2) is 12.1. The maximum Gasteiger partial charge on any atom is 0.145 e. The van der Waals surface area contributed by atoms with Gasteiger partial charge >= 0.3 is 0 Å². The Kier molecular flexibility index (Phi) is 6.69. The van der Waals surface area contributed by atoms with Gasteiger partial charge in [0.2, 0.25) is 0 Å². The molecule has 278 valence electrons. The zero-order valence-corrected chi connectivity index (χ0v) is 32.6. The maximum atomic E-state index is 6.88. The maximum absolute atomic E-state index is 6.88. The van der Waals surface area contributed by atoms with Gasteiger partial charge in [0.05, 0.1) is 27.5 Å². The Balaban J connectivity index is 1.10. The van der Waals surface area contributed by atoms with Crippen LogP contribution in [0.5, 0.6) is 0 Å². The van der Waals surface area contributed by atoms with Crippen LogP contribution in [-0.4, -0.2) is 4.57 Å². The van der Waals surface area contributed by atoms with E-state index in [9.17, 15) is 0 Å². The number of furan rings is 1. The molecule has 3 aliphatic rings. The van der Waals surface area contributed by atoms with Crippen LogP contribution in [0.1, 0.15) is 35.6 Å². The van der Waals surface area contributed by atoms with Crippen LogP contribution < -0.4 is 4.90 Å². The molecule has 0 saturated heterocycles. The molecule has 0 saturated carbocycles. The van der Waals surface area contributed by atoms with E-state index in [2.05, 4.69) is 211 Å². The van der Waals surface area contributed by atoms with E-state index in [4.69, 9.17) is 4.42 Å².